The van der Waals surface area contributed by atoms with Crippen LogP contribution in [0.1, 0.15) is 25.0 Å². The van der Waals surface area contributed by atoms with E-state index in [2.05, 4.69) is 4.90 Å². The number of pyridine rings is 1. The van der Waals surface area contributed by atoms with E-state index in [9.17, 15) is 9.59 Å². The van der Waals surface area contributed by atoms with Gasteiger partial charge in [-0.25, -0.2) is 4.98 Å². The van der Waals surface area contributed by atoms with Crippen LogP contribution in [0.5, 0.6) is 0 Å². The van der Waals surface area contributed by atoms with Gasteiger partial charge in [0, 0.05) is 36.8 Å². The highest BCUT2D eigenvalue weighted by molar-refractivity contribution is 8.26. The number of thioether (sulfide) groups is 2. The maximum Gasteiger partial charge on any atom is 0.267 e. The van der Waals surface area contributed by atoms with Crippen molar-refractivity contribution < 1.29 is 4.79 Å². The van der Waals surface area contributed by atoms with Crippen LogP contribution < -0.4 is 10.5 Å². The van der Waals surface area contributed by atoms with Crippen LogP contribution in [0.3, 0.4) is 0 Å². The minimum Gasteiger partial charge on any atom is -0.354 e. The van der Waals surface area contributed by atoms with E-state index in [4.69, 9.17) is 17.2 Å². The fourth-order valence-electron chi connectivity index (χ4n) is 3.50. The van der Waals surface area contributed by atoms with Crippen LogP contribution in [-0.4, -0.2) is 55.1 Å². The lowest BCUT2D eigenvalue weighted by atomic mass is 10.2. The number of thiocarbonyl (C=S) groups is 1. The van der Waals surface area contributed by atoms with Crippen LogP contribution in [-0.2, 0) is 4.79 Å². The number of carbonyl (C=O) groups is 1. The summed E-state index contributed by atoms with van der Waals surface area (Å²) in [5, 5.41) is 0. The summed E-state index contributed by atoms with van der Waals surface area (Å²) in [7, 11) is 0. The molecule has 152 valence electrons. The first-order valence-electron chi connectivity index (χ1n) is 9.50. The summed E-state index contributed by atoms with van der Waals surface area (Å²) in [5.74, 6) is 2.48. The molecule has 4 rings (SSSR count). The third-order valence-corrected chi connectivity index (χ3v) is 7.26. The van der Waals surface area contributed by atoms with E-state index in [1.54, 1.807) is 21.6 Å². The first-order valence-corrected chi connectivity index (χ1v) is 11.9. The number of aromatic nitrogens is 2. The topological polar surface area (TPSA) is 57.9 Å². The number of fused-ring (bicyclic) bond motifs is 1. The van der Waals surface area contributed by atoms with Gasteiger partial charge in [-0.3, -0.25) is 18.9 Å². The number of amides is 1. The van der Waals surface area contributed by atoms with Gasteiger partial charge in [-0.05, 0) is 38.5 Å². The SMILES string of the molecule is Cc1cccn2c(=O)c(/C=C3\SC(=S)N(C(C)C)C3=O)c(N3CCSCC3)nc12. The molecule has 4 heterocycles. The van der Waals surface area contributed by atoms with Crippen molar-refractivity contribution in [1.29, 1.82) is 0 Å². The minimum absolute atomic E-state index is 0.0227. The van der Waals surface area contributed by atoms with Crippen molar-refractivity contribution in [3.05, 3.63) is 44.7 Å². The van der Waals surface area contributed by atoms with Gasteiger partial charge in [0.1, 0.15) is 15.8 Å². The number of hydrogen-bond acceptors (Lipinski definition) is 7. The molecule has 0 radical (unpaired) electrons. The van der Waals surface area contributed by atoms with E-state index >= 15 is 0 Å². The van der Waals surface area contributed by atoms with Crippen molar-refractivity contribution in [2.24, 2.45) is 0 Å². The second-order valence-corrected chi connectivity index (χ2v) is 10.2. The summed E-state index contributed by atoms with van der Waals surface area (Å²) in [5.41, 5.74) is 1.87. The first-order chi connectivity index (χ1) is 13.9. The number of carbonyl (C=O) groups excluding carboxylic acids is 1. The zero-order valence-electron chi connectivity index (χ0n) is 16.5. The highest BCUT2D eigenvalue weighted by atomic mass is 32.2. The van der Waals surface area contributed by atoms with Gasteiger partial charge in [-0.15, -0.1) is 0 Å². The molecule has 2 aliphatic heterocycles. The fourth-order valence-corrected chi connectivity index (χ4v) is 5.91. The Bertz CT molecular complexity index is 1090. The molecule has 2 aromatic heterocycles. The Labute approximate surface area is 183 Å². The lowest BCUT2D eigenvalue weighted by Gasteiger charge is -2.29. The van der Waals surface area contributed by atoms with E-state index in [1.807, 2.05) is 44.7 Å². The Morgan fingerprint density at radius 3 is 2.62 bits per heavy atom. The van der Waals surface area contributed by atoms with Gasteiger partial charge >= 0.3 is 0 Å². The van der Waals surface area contributed by atoms with Crippen molar-refractivity contribution in [2.75, 3.05) is 29.5 Å². The smallest absolute Gasteiger partial charge is 0.267 e. The average Bonchev–Trinajstić information content (AvgIpc) is 2.98. The largest absolute Gasteiger partial charge is 0.354 e. The first kappa shape index (κ1) is 20.4. The van der Waals surface area contributed by atoms with Crippen molar-refractivity contribution in [3.8, 4) is 0 Å². The second-order valence-electron chi connectivity index (χ2n) is 7.28. The third-order valence-electron chi connectivity index (χ3n) is 4.99. The molecule has 0 saturated carbocycles. The molecule has 6 nitrogen and oxygen atoms in total. The zero-order chi connectivity index (χ0) is 20.7. The van der Waals surface area contributed by atoms with E-state index in [1.165, 1.54) is 11.8 Å². The standard InChI is InChI=1S/C20H22N4O2S3/c1-12(2)24-19(26)15(29-20(24)27)11-14-17(22-7-9-28-10-8-22)21-16-13(3)5-4-6-23(16)18(14)25/h4-6,11-12H,7-10H2,1-3H3/b15-11-. The van der Waals surface area contributed by atoms with Crippen molar-refractivity contribution in [1.82, 2.24) is 14.3 Å². The quantitative estimate of drug-likeness (QED) is 0.530. The molecule has 2 aliphatic rings. The van der Waals surface area contributed by atoms with Crippen molar-refractivity contribution >= 4 is 63.5 Å². The summed E-state index contributed by atoms with van der Waals surface area (Å²) < 4.78 is 2.09. The van der Waals surface area contributed by atoms with Gasteiger partial charge in [-0.1, -0.05) is 30.0 Å². The molecule has 0 spiro atoms. The monoisotopic (exact) mass is 446 g/mol. The molecule has 9 heteroatoms. The van der Waals surface area contributed by atoms with Crippen molar-refractivity contribution in [2.45, 2.75) is 26.8 Å². The molecule has 0 aliphatic carbocycles. The van der Waals surface area contributed by atoms with Gasteiger partial charge < -0.3 is 4.90 Å². The number of anilines is 1. The Morgan fingerprint density at radius 2 is 1.97 bits per heavy atom. The highest BCUT2D eigenvalue weighted by Gasteiger charge is 2.34. The Hall–Kier alpha value is -1.84. The molecule has 2 saturated heterocycles. The molecule has 0 bridgehead atoms. The van der Waals surface area contributed by atoms with Crippen LogP contribution in [0.15, 0.2) is 28.0 Å². The molecule has 29 heavy (non-hydrogen) atoms. The van der Waals surface area contributed by atoms with E-state index in [0.29, 0.717) is 26.3 Å². The van der Waals surface area contributed by atoms with Gasteiger partial charge in [0.2, 0.25) is 0 Å². The summed E-state index contributed by atoms with van der Waals surface area (Å²) in [6.07, 6.45) is 3.41. The highest BCUT2D eigenvalue weighted by Crippen LogP contribution is 2.35. The van der Waals surface area contributed by atoms with Gasteiger partial charge in [0.15, 0.2) is 0 Å². The van der Waals surface area contributed by atoms with Gasteiger partial charge in [0.05, 0.1) is 10.5 Å². The van der Waals surface area contributed by atoms with Crippen molar-refractivity contribution in [3.63, 3.8) is 0 Å². The van der Waals surface area contributed by atoms with Crippen LogP contribution in [0, 0.1) is 6.92 Å². The number of hydrogen-bond donors (Lipinski definition) is 0. The Balaban J connectivity index is 1.91. The molecule has 0 unspecified atom stereocenters. The summed E-state index contributed by atoms with van der Waals surface area (Å²) in [6.45, 7) is 7.46. The molecule has 2 fully saturated rings. The van der Waals surface area contributed by atoms with Crippen LogP contribution in [0.2, 0.25) is 0 Å². The molecular formula is C20H22N4O2S3. The predicted octanol–water partition coefficient (Wildman–Crippen LogP) is 3.17. The molecule has 0 aromatic carbocycles. The van der Waals surface area contributed by atoms with E-state index in [0.717, 1.165) is 30.2 Å². The molecule has 0 atom stereocenters. The second kappa shape index (κ2) is 8.12. The lowest BCUT2D eigenvalue weighted by molar-refractivity contribution is -0.123. The molecular weight excluding hydrogens is 424 g/mol. The summed E-state index contributed by atoms with van der Waals surface area (Å²) in [6, 6.07) is 3.76. The molecule has 2 aromatic rings. The van der Waals surface area contributed by atoms with Crippen LogP contribution in [0.25, 0.3) is 11.7 Å². The normalized spacial score (nSPS) is 19.2. The zero-order valence-corrected chi connectivity index (χ0v) is 19.0. The maximum absolute atomic E-state index is 13.4. The number of nitrogens with zero attached hydrogens (tertiary/aromatic N) is 4. The number of aryl methyl sites for hydroxylation is 1. The van der Waals surface area contributed by atoms with Crippen LogP contribution >= 0.6 is 35.7 Å². The third kappa shape index (κ3) is 3.71. The lowest BCUT2D eigenvalue weighted by Crippen LogP contribution is -2.36. The fraction of sp³-hybridized carbons (Fsp3) is 0.400. The summed E-state index contributed by atoms with van der Waals surface area (Å²) >= 11 is 8.53. The Kier molecular flexibility index (Phi) is 5.72. The minimum atomic E-state index is -0.165. The van der Waals surface area contributed by atoms with E-state index < -0.39 is 0 Å². The molecule has 1 amide bonds. The van der Waals surface area contributed by atoms with Gasteiger partial charge in [-0.2, -0.15) is 11.8 Å². The van der Waals surface area contributed by atoms with Gasteiger partial charge in [0.25, 0.3) is 11.5 Å². The number of rotatable bonds is 3. The van der Waals surface area contributed by atoms with Crippen LogP contribution in [0.4, 0.5) is 5.82 Å². The molecule has 0 N–H and O–H groups in total. The summed E-state index contributed by atoms with van der Waals surface area (Å²) in [4.78, 5) is 35.4. The maximum atomic E-state index is 13.4. The predicted molar refractivity (Wildman–Crippen MR) is 126 cm³/mol. The Morgan fingerprint density at radius 1 is 1.24 bits per heavy atom. The van der Waals surface area contributed by atoms with E-state index in [-0.39, 0.29) is 17.5 Å². The average molecular weight is 447 g/mol.